The molecule has 0 spiro atoms. The lowest BCUT2D eigenvalue weighted by Gasteiger charge is -2.29. The van der Waals surface area contributed by atoms with Gasteiger partial charge in [0.1, 0.15) is 23.5 Å². The van der Waals surface area contributed by atoms with Crippen molar-refractivity contribution in [2.45, 2.75) is 75.3 Å². The van der Waals surface area contributed by atoms with Gasteiger partial charge in [0.05, 0.1) is 11.4 Å². The number of rotatable bonds is 18. The van der Waals surface area contributed by atoms with Crippen molar-refractivity contribution < 1.29 is 41.6 Å². The van der Waals surface area contributed by atoms with Gasteiger partial charge in [0.15, 0.2) is 5.78 Å². The Morgan fingerprint density at radius 1 is 0.833 bits per heavy atom. The van der Waals surface area contributed by atoms with Crippen molar-refractivity contribution >= 4 is 56.7 Å². The highest BCUT2D eigenvalue weighted by Gasteiger charge is 2.40. The lowest BCUT2D eigenvalue weighted by atomic mass is 9.94. The molecule has 0 bridgehead atoms. The fourth-order valence-electron chi connectivity index (χ4n) is 8.69. The van der Waals surface area contributed by atoms with Crippen LogP contribution in [0.25, 0.3) is 22.3 Å². The van der Waals surface area contributed by atoms with Gasteiger partial charge in [-0.2, -0.15) is 0 Å². The maximum Gasteiger partial charge on any atom is 0.261 e. The molecule has 1 aromatic heterocycles. The first kappa shape index (κ1) is 45.5. The zero-order chi connectivity index (χ0) is 46.5. The monoisotopic (exact) mass is 913 g/mol. The summed E-state index contributed by atoms with van der Waals surface area (Å²) in [5.41, 5.74) is 12.2. The molecule has 3 aliphatic rings. The minimum absolute atomic E-state index is 0.0381. The molecular formula is C49H48FN7O8S. The zero-order valence-corrected chi connectivity index (χ0v) is 36.8. The Morgan fingerprint density at radius 3 is 2.47 bits per heavy atom. The summed E-state index contributed by atoms with van der Waals surface area (Å²) in [5, 5.41) is 8.25. The first-order valence-electron chi connectivity index (χ1n) is 21.8. The van der Waals surface area contributed by atoms with Gasteiger partial charge in [-0.3, -0.25) is 38.8 Å². The van der Waals surface area contributed by atoms with Gasteiger partial charge in [0.25, 0.3) is 21.8 Å². The summed E-state index contributed by atoms with van der Waals surface area (Å²) in [6, 6.07) is 21.6. The number of sulfonamides is 1. The summed E-state index contributed by atoms with van der Waals surface area (Å²) in [4.78, 5) is 80.6. The Bertz CT molecular complexity index is 2900. The molecule has 0 radical (unpaired) electrons. The normalized spacial score (nSPS) is 15.8. The van der Waals surface area contributed by atoms with E-state index in [1.54, 1.807) is 54.6 Å². The fourth-order valence-corrected chi connectivity index (χ4v) is 9.75. The Kier molecular flexibility index (Phi) is 13.5. The summed E-state index contributed by atoms with van der Waals surface area (Å²) in [6.07, 6.45) is 5.24. The summed E-state index contributed by atoms with van der Waals surface area (Å²) in [6.45, 7) is 1.40. The Hall–Kier alpha value is -7.11. The standard InChI is InChI=1S/C49H48FN7O8S/c50-43-25-37(12-14-38(43)33-24-41(46(51)54-26-33)31-11-13-39-32(22-31)17-19-53-47(39)61)66(64,65)56-34-8-4-6-29(20-34)21-36(59)27-52-18-3-1-2-9-35(58)23-30-7-5-10-40-42(30)28-57(49(40)63)44-15-16-45(60)55-48(44)62/h4-8,10-14,20,22,24-26,44,52,56H,1-3,9,15-19,21,23,27-28H2,(H2,51,54)(H,53,61)(H,55,60,62). The number of fused-ring (bicyclic) bond motifs is 2. The molecule has 15 nitrogen and oxygen atoms in total. The van der Waals surface area contributed by atoms with Crippen LogP contribution in [-0.4, -0.2) is 79.2 Å². The molecule has 4 aromatic carbocycles. The number of carbonyl (C=O) groups is 6. The molecule has 4 heterocycles. The Labute approximate surface area is 380 Å². The molecule has 1 unspecified atom stereocenters. The molecule has 4 amide bonds. The van der Waals surface area contributed by atoms with Crippen LogP contribution in [0.3, 0.4) is 0 Å². The second-order valence-electron chi connectivity index (χ2n) is 16.7. The largest absolute Gasteiger partial charge is 0.383 e. The number of nitrogen functional groups attached to an aromatic ring is 1. The van der Waals surface area contributed by atoms with Crippen LogP contribution in [0.5, 0.6) is 0 Å². The average Bonchev–Trinajstić information content (AvgIpc) is 3.62. The average molecular weight is 914 g/mol. The number of amides is 4. The molecule has 0 aliphatic carbocycles. The lowest BCUT2D eigenvalue weighted by Crippen LogP contribution is -2.52. The van der Waals surface area contributed by atoms with Crippen LogP contribution in [0.4, 0.5) is 15.9 Å². The number of piperidine rings is 1. The van der Waals surface area contributed by atoms with E-state index in [0.717, 1.165) is 35.6 Å². The number of imide groups is 1. The van der Waals surface area contributed by atoms with Crippen molar-refractivity contribution in [1.29, 1.82) is 0 Å². The smallest absolute Gasteiger partial charge is 0.261 e. The van der Waals surface area contributed by atoms with Gasteiger partial charge in [0.2, 0.25) is 11.8 Å². The van der Waals surface area contributed by atoms with E-state index in [2.05, 4.69) is 25.7 Å². The lowest BCUT2D eigenvalue weighted by molar-refractivity contribution is -0.137. The second-order valence-corrected chi connectivity index (χ2v) is 18.4. The molecule has 1 fully saturated rings. The molecule has 1 saturated heterocycles. The topological polar surface area (TPSA) is 227 Å². The van der Waals surface area contributed by atoms with E-state index < -0.39 is 27.8 Å². The highest BCUT2D eigenvalue weighted by Crippen LogP contribution is 2.34. The van der Waals surface area contributed by atoms with E-state index in [1.807, 2.05) is 12.1 Å². The third-order valence-corrected chi connectivity index (χ3v) is 13.5. The Morgan fingerprint density at radius 2 is 1.65 bits per heavy atom. The van der Waals surface area contributed by atoms with Crippen LogP contribution in [-0.2, 0) is 55.0 Å². The first-order valence-corrected chi connectivity index (χ1v) is 23.3. The minimum atomic E-state index is -4.22. The van der Waals surface area contributed by atoms with Crippen LogP contribution in [0.15, 0.2) is 96.0 Å². The minimum Gasteiger partial charge on any atom is -0.383 e. The number of carbonyl (C=O) groups excluding carboxylic acids is 6. The van der Waals surface area contributed by atoms with Crippen molar-refractivity contribution in [2.75, 3.05) is 30.1 Å². The molecule has 17 heteroatoms. The molecule has 6 N–H and O–H groups in total. The molecule has 66 heavy (non-hydrogen) atoms. The number of benzene rings is 4. The SMILES string of the molecule is Nc1ncc(-c2ccc(S(=O)(=O)Nc3cccc(CC(=O)CNCCCCCC(=O)Cc4cccc5c4CN(C4CCC(=O)NC4=O)C5=O)c3)cc2F)cc1-c1ccc2c(c1)CCNC2=O. The number of aromatic nitrogens is 1. The number of pyridine rings is 1. The number of Topliss-reactive ketones (excluding diaryl/α,β-unsaturated/α-hetero) is 2. The molecule has 340 valence electrons. The van der Waals surface area contributed by atoms with E-state index in [-0.39, 0.29) is 90.0 Å². The number of halogens is 1. The van der Waals surface area contributed by atoms with Gasteiger partial charge in [0, 0.05) is 78.5 Å². The number of nitrogens with two attached hydrogens (primary N) is 1. The summed E-state index contributed by atoms with van der Waals surface area (Å²) in [5.74, 6) is -1.89. The third-order valence-electron chi connectivity index (χ3n) is 12.1. The van der Waals surface area contributed by atoms with Crippen LogP contribution < -0.4 is 26.4 Å². The summed E-state index contributed by atoms with van der Waals surface area (Å²) < 4.78 is 44.9. The van der Waals surface area contributed by atoms with Crippen molar-refractivity contribution in [1.82, 2.24) is 25.8 Å². The van der Waals surface area contributed by atoms with E-state index >= 15 is 4.39 Å². The second kappa shape index (κ2) is 19.6. The first-order chi connectivity index (χ1) is 31.7. The summed E-state index contributed by atoms with van der Waals surface area (Å²) >= 11 is 0. The molecular weight excluding hydrogens is 866 g/mol. The number of unbranched alkanes of at least 4 members (excludes halogenated alkanes) is 2. The van der Waals surface area contributed by atoms with E-state index in [4.69, 9.17) is 5.73 Å². The van der Waals surface area contributed by atoms with Crippen molar-refractivity contribution in [3.05, 3.63) is 130 Å². The van der Waals surface area contributed by atoms with Gasteiger partial charge >= 0.3 is 0 Å². The van der Waals surface area contributed by atoms with Gasteiger partial charge in [-0.05, 0) is 103 Å². The number of nitrogens with one attached hydrogen (secondary N) is 4. The third kappa shape index (κ3) is 10.2. The molecule has 0 saturated carbocycles. The maximum atomic E-state index is 15.7. The maximum absolute atomic E-state index is 15.7. The highest BCUT2D eigenvalue weighted by molar-refractivity contribution is 7.92. The number of ketones is 2. The summed E-state index contributed by atoms with van der Waals surface area (Å²) in [7, 11) is -4.22. The van der Waals surface area contributed by atoms with Gasteiger partial charge < -0.3 is 21.3 Å². The predicted octanol–water partition coefficient (Wildman–Crippen LogP) is 5.06. The number of anilines is 2. The number of nitrogens with zero attached hydrogens (tertiary/aromatic N) is 2. The van der Waals surface area contributed by atoms with Crippen LogP contribution in [0.2, 0.25) is 0 Å². The number of hydrogen-bond acceptors (Lipinski definition) is 11. The highest BCUT2D eigenvalue weighted by atomic mass is 32.2. The Balaban J connectivity index is 0.774. The van der Waals surface area contributed by atoms with Crippen molar-refractivity contribution in [2.24, 2.45) is 0 Å². The quantitative estimate of drug-likeness (QED) is 0.0577. The van der Waals surface area contributed by atoms with Crippen LogP contribution >= 0.6 is 0 Å². The predicted molar refractivity (Wildman–Crippen MR) is 244 cm³/mol. The van der Waals surface area contributed by atoms with Crippen LogP contribution in [0.1, 0.15) is 81.5 Å². The van der Waals surface area contributed by atoms with Crippen molar-refractivity contribution in [3.63, 3.8) is 0 Å². The molecule has 1 atom stereocenters. The van der Waals surface area contributed by atoms with E-state index in [9.17, 15) is 37.2 Å². The fraction of sp³-hybridized carbons (Fsp3) is 0.286. The molecule has 8 rings (SSSR count). The molecule has 3 aliphatic heterocycles. The van der Waals surface area contributed by atoms with E-state index in [0.29, 0.717) is 65.7 Å². The van der Waals surface area contributed by atoms with Gasteiger partial charge in [-0.1, -0.05) is 48.9 Å². The van der Waals surface area contributed by atoms with Gasteiger partial charge in [-0.15, -0.1) is 0 Å². The number of hydrogen-bond donors (Lipinski definition) is 5. The molecule has 5 aromatic rings. The van der Waals surface area contributed by atoms with E-state index in [1.165, 1.54) is 23.2 Å². The zero-order valence-electron chi connectivity index (χ0n) is 36.0. The van der Waals surface area contributed by atoms with Gasteiger partial charge in [-0.25, -0.2) is 17.8 Å². The van der Waals surface area contributed by atoms with Crippen molar-refractivity contribution in [3.8, 4) is 22.3 Å². The van der Waals surface area contributed by atoms with Crippen LogP contribution in [0, 0.1) is 5.82 Å².